The number of nitrogens with zero attached hydrogens (tertiary/aromatic N) is 3. The van der Waals surface area contributed by atoms with Crippen molar-refractivity contribution in [3.63, 3.8) is 0 Å². The number of nitrogen functional groups attached to an aromatic ring is 1. The molecule has 0 saturated carbocycles. The molecule has 2 amide bonds. The third kappa shape index (κ3) is 2.22. The summed E-state index contributed by atoms with van der Waals surface area (Å²) in [5.74, 6) is 0.493. The van der Waals surface area contributed by atoms with Crippen LogP contribution in [0.5, 0.6) is 0 Å². The average Bonchev–Trinajstić information content (AvgIpc) is 2.49. The summed E-state index contributed by atoms with van der Waals surface area (Å²) in [5.41, 5.74) is 8.53. The number of hydrazone groups is 1. The van der Waals surface area contributed by atoms with Gasteiger partial charge in [0.15, 0.2) is 0 Å². The van der Waals surface area contributed by atoms with Gasteiger partial charge in [0.1, 0.15) is 5.82 Å². The molecule has 76 valence electrons. The maximum atomic E-state index is 10.7. The molecule has 1 rings (SSSR count). The summed E-state index contributed by atoms with van der Waals surface area (Å²) in [6.45, 7) is 0. The molecule has 0 aliphatic rings. The Morgan fingerprint density at radius 2 is 2.50 bits per heavy atom. The van der Waals surface area contributed by atoms with E-state index in [1.807, 2.05) is 0 Å². The van der Waals surface area contributed by atoms with Crippen LogP contribution in [0.2, 0.25) is 0 Å². The molecule has 0 radical (unpaired) electrons. The predicted octanol–water partition coefficient (Wildman–Crippen LogP) is -0.735. The van der Waals surface area contributed by atoms with Gasteiger partial charge >= 0.3 is 6.03 Å². The summed E-state index contributed by atoms with van der Waals surface area (Å²) >= 11 is 0. The molecular formula is C7H12N6O. The van der Waals surface area contributed by atoms with Gasteiger partial charge in [0, 0.05) is 14.1 Å². The monoisotopic (exact) mass is 196 g/mol. The van der Waals surface area contributed by atoms with Crippen LogP contribution in [-0.4, -0.2) is 29.1 Å². The minimum Gasteiger partial charge on any atom is -0.383 e. The number of hydrogen-bond acceptors (Lipinski definition) is 4. The topological polar surface area (TPSA) is 97.3 Å². The van der Waals surface area contributed by atoms with E-state index in [2.05, 4.69) is 20.9 Å². The van der Waals surface area contributed by atoms with Crippen LogP contribution in [0.3, 0.4) is 0 Å². The molecular weight excluding hydrogens is 184 g/mol. The number of urea groups is 1. The first kappa shape index (κ1) is 10.0. The Bertz CT molecular complexity index is 355. The van der Waals surface area contributed by atoms with Gasteiger partial charge in [0.25, 0.3) is 0 Å². The molecule has 0 aliphatic heterocycles. The van der Waals surface area contributed by atoms with Gasteiger partial charge in [-0.2, -0.15) is 10.2 Å². The minimum absolute atomic E-state index is 0.385. The zero-order valence-corrected chi connectivity index (χ0v) is 7.98. The van der Waals surface area contributed by atoms with Gasteiger partial charge in [-0.3, -0.25) is 4.68 Å². The molecule has 0 fully saturated rings. The molecule has 7 nitrogen and oxygen atoms in total. The molecule has 1 aromatic heterocycles. The number of nitrogens with one attached hydrogen (secondary N) is 2. The van der Waals surface area contributed by atoms with Crippen molar-refractivity contribution in [2.75, 3.05) is 12.8 Å². The summed E-state index contributed by atoms with van der Waals surface area (Å²) in [6.07, 6.45) is 2.99. The number of amides is 2. The van der Waals surface area contributed by atoms with Gasteiger partial charge < -0.3 is 11.1 Å². The van der Waals surface area contributed by atoms with Crippen molar-refractivity contribution < 1.29 is 4.79 Å². The number of aryl methyl sites for hydroxylation is 1. The van der Waals surface area contributed by atoms with E-state index in [9.17, 15) is 4.79 Å². The summed E-state index contributed by atoms with van der Waals surface area (Å²) in [6, 6.07) is -0.385. The quantitative estimate of drug-likeness (QED) is 0.429. The lowest BCUT2D eigenvalue weighted by Crippen LogP contribution is -2.28. The first-order valence-electron chi connectivity index (χ1n) is 3.93. The highest BCUT2D eigenvalue weighted by Gasteiger charge is 2.00. The molecule has 0 atom stereocenters. The fourth-order valence-corrected chi connectivity index (χ4v) is 0.780. The summed E-state index contributed by atoms with van der Waals surface area (Å²) in [7, 11) is 3.22. The van der Waals surface area contributed by atoms with Crippen LogP contribution in [-0.2, 0) is 7.05 Å². The van der Waals surface area contributed by atoms with E-state index >= 15 is 0 Å². The van der Waals surface area contributed by atoms with E-state index in [0.717, 1.165) is 0 Å². The molecule has 0 aromatic carbocycles. The van der Waals surface area contributed by atoms with Crippen LogP contribution >= 0.6 is 0 Å². The zero-order valence-electron chi connectivity index (χ0n) is 7.98. The lowest BCUT2D eigenvalue weighted by atomic mass is 10.4. The fraction of sp³-hybridized carbons (Fsp3) is 0.286. The molecule has 0 aliphatic carbocycles. The van der Waals surface area contributed by atoms with Crippen molar-refractivity contribution in [3.05, 3.63) is 11.8 Å². The SMILES string of the molecule is CNC(=O)N/N=C/c1cnn(C)c1N. The highest BCUT2D eigenvalue weighted by atomic mass is 16.2. The number of anilines is 1. The van der Waals surface area contributed by atoms with Crippen molar-refractivity contribution in [1.29, 1.82) is 0 Å². The van der Waals surface area contributed by atoms with Crippen LogP contribution < -0.4 is 16.5 Å². The van der Waals surface area contributed by atoms with Crippen molar-refractivity contribution in [2.45, 2.75) is 0 Å². The third-order valence-electron chi connectivity index (χ3n) is 1.61. The first-order valence-corrected chi connectivity index (χ1v) is 3.93. The average molecular weight is 196 g/mol. The summed E-state index contributed by atoms with van der Waals surface area (Å²) in [5, 5.41) is 9.93. The van der Waals surface area contributed by atoms with Gasteiger partial charge in [-0.05, 0) is 0 Å². The first-order chi connectivity index (χ1) is 6.65. The highest BCUT2D eigenvalue weighted by molar-refractivity contribution is 5.86. The number of nitrogens with two attached hydrogens (primary N) is 1. The van der Waals surface area contributed by atoms with Gasteiger partial charge in [-0.1, -0.05) is 0 Å². The molecule has 0 unspecified atom stereocenters. The van der Waals surface area contributed by atoms with Gasteiger partial charge in [0.2, 0.25) is 0 Å². The van der Waals surface area contributed by atoms with Crippen LogP contribution in [0, 0.1) is 0 Å². The maximum absolute atomic E-state index is 10.7. The molecule has 4 N–H and O–H groups in total. The smallest absolute Gasteiger partial charge is 0.334 e. The lowest BCUT2D eigenvalue weighted by Gasteiger charge is -1.96. The van der Waals surface area contributed by atoms with Crippen molar-refractivity contribution >= 4 is 18.1 Å². The Kier molecular flexibility index (Phi) is 3.05. The van der Waals surface area contributed by atoms with Crippen LogP contribution in [0.1, 0.15) is 5.56 Å². The number of aromatic nitrogens is 2. The molecule has 14 heavy (non-hydrogen) atoms. The van der Waals surface area contributed by atoms with E-state index in [-0.39, 0.29) is 6.03 Å². The van der Waals surface area contributed by atoms with Crippen molar-refractivity contribution in [3.8, 4) is 0 Å². The van der Waals surface area contributed by atoms with Crippen LogP contribution in [0.25, 0.3) is 0 Å². The Morgan fingerprint density at radius 1 is 1.79 bits per heavy atom. The Hall–Kier alpha value is -2.05. The van der Waals surface area contributed by atoms with Crippen molar-refractivity contribution in [2.24, 2.45) is 12.1 Å². The lowest BCUT2D eigenvalue weighted by molar-refractivity contribution is 0.243. The Balaban J connectivity index is 2.60. The zero-order chi connectivity index (χ0) is 10.6. The third-order valence-corrected chi connectivity index (χ3v) is 1.61. The largest absolute Gasteiger partial charge is 0.383 e. The van der Waals surface area contributed by atoms with E-state index in [1.165, 1.54) is 17.9 Å². The standard InChI is InChI=1S/C7H12N6O/c1-9-7(14)12-10-3-5-4-11-13(2)6(5)8/h3-4H,8H2,1-2H3,(H2,9,12,14)/b10-3+. The fourth-order valence-electron chi connectivity index (χ4n) is 0.780. The second kappa shape index (κ2) is 4.26. The number of carbonyl (C=O) groups excluding carboxylic acids is 1. The molecule has 1 aromatic rings. The Labute approximate surface area is 81.0 Å². The second-order valence-electron chi connectivity index (χ2n) is 2.56. The maximum Gasteiger partial charge on any atom is 0.334 e. The van der Waals surface area contributed by atoms with Gasteiger partial charge in [-0.25, -0.2) is 10.2 Å². The van der Waals surface area contributed by atoms with Crippen LogP contribution in [0.15, 0.2) is 11.3 Å². The van der Waals surface area contributed by atoms with Gasteiger partial charge in [0.05, 0.1) is 18.0 Å². The molecule has 0 bridgehead atoms. The summed E-state index contributed by atoms with van der Waals surface area (Å²) < 4.78 is 1.52. The summed E-state index contributed by atoms with van der Waals surface area (Å²) in [4.78, 5) is 10.7. The van der Waals surface area contributed by atoms with Crippen molar-refractivity contribution in [1.82, 2.24) is 20.5 Å². The normalized spacial score (nSPS) is 10.4. The van der Waals surface area contributed by atoms with Crippen LogP contribution in [0.4, 0.5) is 10.6 Å². The highest BCUT2D eigenvalue weighted by Crippen LogP contribution is 2.04. The van der Waals surface area contributed by atoms with Gasteiger partial charge in [-0.15, -0.1) is 0 Å². The van der Waals surface area contributed by atoms with E-state index in [4.69, 9.17) is 5.73 Å². The molecule has 7 heteroatoms. The number of carbonyl (C=O) groups is 1. The van der Waals surface area contributed by atoms with E-state index in [0.29, 0.717) is 11.4 Å². The van der Waals surface area contributed by atoms with E-state index in [1.54, 1.807) is 13.2 Å². The minimum atomic E-state index is -0.385. The molecule has 1 heterocycles. The second-order valence-corrected chi connectivity index (χ2v) is 2.56. The molecule has 0 spiro atoms. The predicted molar refractivity (Wildman–Crippen MR) is 52.8 cm³/mol. The number of hydrogen-bond donors (Lipinski definition) is 3. The van der Waals surface area contributed by atoms with E-state index < -0.39 is 0 Å². The molecule has 0 saturated heterocycles. The number of rotatable bonds is 2. The Morgan fingerprint density at radius 3 is 3.00 bits per heavy atom.